The summed E-state index contributed by atoms with van der Waals surface area (Å²) in [4.78, 5) is 19.0. The van der Waals surface area contributed by atoms with Gasteiger partial charge in [-0.3, -0.25) is 4.79 Å². The summed E-state index contributed by atoms with van der Waals surface area (Å²) in [5.74, 6) is 0.969. The van der Waals surface area contributed by atoms with Crippen LogP contribution in [0.1, 0.15) is 45.5 Å². The van der Waals surface area contributed by atoms with Crippen molar-refractivity contribution in [3.63, 3.8) is 0 Å². The lowest BCUT2D eigenvalue weighted by Crippen LogP contribution is -2.47. The van der Waals surface area contributed by atoms with Crippen molar-refractivity contribution < 1.29 is 4.79 Å². The average molecular weight is 278 g/mol. The van der Waals surface area contributed by atoms with Gasteiger partial charge in [0.2, 0.25) is 5.91 Å². The van der Waals surface area contributed by atoms with Gasteiger partial charge in [-0.15, -0.1) is 0 Å². The van der Waals surface area contributed by atoms with Gasteiger partial charge in [-0.05, 0) is 39.8 Å². The fourth-order valence-corrected chi connectivity index (χ4v) is 2.64. The smallest absolute Gasteiger partial charge is 0.243 e. The first-order valence-electron chi connectivity index (χ1n) is 7.55. The zero-order valence-electron chi connectivity index (χ0n) is 13.0. The molecule has 0 radical (unpaired) electrons. The molecule has 20 heavy (non-hydrogen) atoms. The molecule has 0 spiro atoms. The van der Waals surface area contributed by atoms with Crippen molar-refractivity contribution in [3.8, 4) is 0 Å². The minimum atomic E-state index is -0.202. The Balaban J connectivity index is 1.96. The highest BCUT2D eigenvalue weighted by molar-refractivity contribution is 5.81. The van der Waals surface area contributed by atoms with E-state index in [9.17, 15) is 4.79 Å². The van der Waals surface area contributed by atoms with Crippen LogP contribution in [0.4, 0.5) is 0 Å². The van der Waals surface area contributed by atoms with Gasteiger partial charge in [-0.1, -0.05) is 13.8 Å². The van der Waals surface area contributed by atoms with Crippen molar-refractivity contribution in [1.82, 2.24) is 19.8 Å². The van der Waals surface area contributed by atoms with E-state index >= 15 is 0 Å². The Morgan fingerprint density at radius 2 is 2.15 bits per heavy atom. The summed E-state index contributed by atoms with van der Waals surface area (Å²) < 4.78 is 1.92. The number of carbonyl (C=O) groups excluding carboxylic acids is 1. The second-order valence-electron chi connectivity index (χ2n) is 5.79. The van der Waals surface area contributed by atoms with Crippen molar-refractivity contribution in [2.75, 3.05) is 19.6 Å². The molecule has 1 fully saturated rings. The molecular formula is C15H26N4O. The van der Waals surface area contributed by atoms with E-state index in [-0.39, 0.29) is 17.5 Å². The number of likely N-dealkylation sites (N-methyl/N-ethyl adjacent to an activating group) is 1. The molecule has 1 aromatic rings. The number of amides is 1. The van der Waals surface area contributed by atoms with Crippen LogP contribution in [0, 0.1) is 6.92 Å². The Kier molecular flexibility index (Phi) is 4.48. The average Bonchev–Trinajstić information content (AvgIpc) is 3.06. The molecule has 112 valence electrons. The number of nitrogens with zero attached hydrogens (tertiary/aromatic N) is 3. The number of hydrogen-bond donors (Lipinski definition) is 1. The number of aryl methyl sites for hydroxylation is 1. The number of hydrogen-bond acceptors (Lipinski definition) is 3. The Hall–Kier alpha value is -1.36. The molecule has 1 heterocycles. The van der Waals surface area contributed by atoms with Crippen LogP contribution in [0.25, 0.3) is 0 Å². The maximum Gasteiger partial charge on any atom is 0.243 e. The molecule has 0 aromatic carbocycles. The SMILES string of the molecule is CCN(CC)CC1(NC(=O)[C@@H](C)n2ccnc2C)CC1. The van der Waals surface area contributed by atoms with Crippen LogP contribution in [-0.4, -0.2) is 45.5 Å². The summed E-state index contributed by atoms with van der Waals surface area (Å²) in [5.41, 5.74) is 0.00580. The van der Waals surface area contributed by atoms with Crippen molar-refractivity contribution in [3.05, 3.63) is 18.2 Å². The Bertz CT molecular complexity index is 460. The maximum atomic E-state index is 12.4. The quantitative estimate of drug-likeness (QED) is 0.826. The summed E-state index contributed by atoms with van der Waals surface area (Å²) in [6.07, 6.45) is 5.78. The van der Waals surface area contributed by atoms with E-state index in [4.69, 9.17) is 0 Å². The van der Waals surface area contributed by atoms with Gasteiger partial charge in [-0.25, -0.2) is 4.98 Å². The van der Waals surface area contributed by atoms with Gasteiger partial charge >= 0.3 is 0 Å². The molecular weight excluding hydrogens is 252 g/mol. The number of aromatic nitrogens is 2. The van der Waals surface area contributed by atoms with Gasteiger partial charge in [-0.2, -0.15) is 0 Å². The summed E-state index contributed by atoms with van der Waals surface area (Å²) in [7, 11) is 0. The Morgan fingerprint density at radius 1 is 1.50 bits per heavy atom. The van der Waals surface area contributed by atoms with Crippen LogP contribution in [-0.2, 0) is 4.79 Å². The molecule has 1 saturated carbocycles. The minimum absolute atomic E-state index is 0.00580. The van der Waals surface area contributed by atoms with Gasteiger partial charge in [0, 0.05) is 18.9 Å². The van der Waals surface area contributed by atoms with E-state index < -0.39 is 0 Å². The largest absolute Gasteiger partial charge is 0.348 e. The zero-order chi connectivity index (χ0) is 14.8. The summed E-state index contributed by atoms with van der Waals surface area (Å²) in [6, 6.07) is -0.202. The van der Waals surface area contributed by atoms with Crippen LogP contribution >= 0.6 is 0 Å². The number of imidazole rings is 1. The molecule has 5 nitrogen and oxygen atoms in total. The highest BCUT2D eigenvalue weighted by Gasteiger charge is 2.45. The van der Waals surface area contributed by atoms with Gasteiger partial charge < -0.3 is 14.8 Å². The van der Waals surface area contributed by atoms with Crippen LogP contribution < -0.4 is 5.32 Å². The molecule has 1 amide bonds. The minimum Gasteiger partial charge on any atom is -0.348 e. The molecule has 1 aliphatic rings. The maximum absolute atomic E-state index is 12.4. The second kappa shape index (κ2) is 5.95. The molecule has 5 heteroatoms. The fourth-order valence-electron chi connectivity index (χ4n) is 2.64. The monoisotopic (exact) mass is 278 g/mol. The normalized spacial score (nSPS) is 18.1. The van der Waals surface area contributed by atoms with Crippen LogP contribution in [0.3, 0.4) is 0 Å². The first kappa shape index (κ1) is 15.0. The highest BCUT2D eigenvalue weighted by atomic mass is 16.2. The van der Waals surface area contributed by atoms with Crippen LogP contribution in [0.2, 0.25) is 0 Å². The number of rotatable bonds is 7. The third-order valence-electron chi connectivity index (χ3n) is 4.32. The lowest BCUT2D eigenvalue weighted by molar-refractivity contribution is -0.125. The fraction of sp³-hybridized carbons (Fsp3) is 0.733. The summed E-state index contributed by atoms with van der Waals surface area (Å²) in [5, 5.41) is 3.25. The van der Waals surface area contributed by atoms with Crippen molar-refractivity contribution in [2.45, 2.75) is 52.1 Å². The van der Waals surface area contributed by atoms with E-state index in [0.717, 1.165) is 38.3 Å². The first-order valence-corrected chi connectivity index (χ1v) is 7.55. The standard InChI is InChI=1S/C15H26N4O/c1-5-18(6-2)11-15(7-8-15)17-14(20)12(3)19-10-9-16-13(19)4/h9-10,12H,5-8,11H2,1-4H3,(H,17,20)/t12-/m1/s1. The van der Waals surface area contributed by atoms with Crippen molar-refractivity contribution in [2.24, 2.45) is 0 Å². The zero-order valence-corrected chi connectivity index (χ0v) is 13.0. The third kappa shape index (κ3) is 3.20. The van der Waals surface area contributed by atoms with E-state index in [1.54, 1.807) is 6.20 Å². The van der Waals surface area contributed by atoms with Crippen LogP contribution in [0.15, 0.2) is 12.4 Å². The van der Waals surface area contributed by atoms with E-state index in [2.05, 4.69) is 29.0 Å². The Labute approximate surface area is 121 Å². The Morgan fingerprint density at radius 3 is 2.60 bits per heavy atom. The number of carbonyl (C=O) groups is 1. The lowest BCUT2D eigenvalue weighted by Gasteiger charge is -2.27. The van der Waals surface area contributed by atoms with Gasteiger partial charge in [0.15, 0.2) is 0 Å². The third-order valence-corrected chi connectivity index (χ3v) is 4.32. The molecule has 0 unspecified atom stereocenters. The molecule has 0 aliphatic heterocycles. The topological polar surface area (TPSA) is 50.2 Å². The van der Waals surface area contributed by atoms with Crippen molar-refractivity contribution >= 4 is 5.91 Å². The predicted molar refractivity (Wildman–Crippen MR) is 79.6 cm³/mol. The molecule has 1 aliphatic carbocycles. The molecule has 0 saturated heterocycles. The van der Waals surface area contributed by atoms with Gasteiger partial charge in [0.05, 0.1) is 5.54 Å². The molecule has 1 atom stereocenters. The van der Waals surface area contributed by atoms with Gasteiger partial charge in [0.25, 0.3) is 0 Å². The summed E-state index contributed by atoms with van der Waals surface area (Å²) in [6.45, 7) is 11.2. The molecule has 0 bridgehead atoms. The predicted octanol–water partition coefficient (Wildman–Crippen LogP) is 1.74. The van der Waals surface area contributed by atoms with E-state index in [0.29, 0.717) is 0 Å². The molecule has 2 rings (SSSR count). The van der Waals surface area contributed by atoms with E-state index in [1.165, 1.54) is 0 Å². The lowest BCUT2D eigenvalue weighted by atomic mass is 10.2. The second-order valence-corrected chi connectivity index (χ2v) is 5.79. The summed E-state index contributed by atoms with van der Waals surface area (Å²) >= 11 is 0. The first-order chi connectivity index (χ1) is 9.51. The van der Waals surface area contributed by atoms with E-state index in [1.807, 2.05) is 24.6 Å². The van der Waals surface area contributed by atoms with Crippen molar-refractivity contribution in [1.29, 1.82) is 0 Å². The van der Waals surface area contributed by atoms with Crippen LogP contribution in [0.5, 0.6) is 0 Å². The number of nitrogens with one attached hydrogen (secondary N) is 1. The molecule has 1 aromatic heterocycles. The highest BCUT2D eigenvalue weighted by Crippen LogP contribution is 2.36. The molecule has 1 N–H and O–H groups in total. The van der Waals surface area contributed by atoms with Gasteiger partial charge in [0.1, 0.15) is 11.9 Å².